The number of hydrogen-bond acceptors (Lipinski definition) is 0. The molecule has 2 aliphatic rings. The predicted molar refractivity (Wildman–Crippen MR) is 109 cm³/mol. The number of unbranched alkanes of at least 4 members (excludes halogenated alkanes) is 2. The molecule has 1 fully saturated rings. The molecular weight excluding hydrogens is 394 g/mol. The van der Waals surface area contributed by atoms with Gasteiger partial charge in [0.2, 0.25) is 0 Å². The van der Waals surface area contributed by atoms with E-state index in [1.165, 1.54) is 25.7 Å². The SMILES string of the molecule is CCCCCC1CCC(C2=C(F)CC(Br)(c3ccccc3)C=C2F)CC1. The highest BCUT2D eigenvalue weighted by molar-refractivity contribution is 9.09. The average molecular weight is 423 g/mol. The quantitative estimate of drug-likeness (QED) is 0.320. The van der Waals surface area contributed by atoms with Crippen molar-refractivity contribution in [3.8, 4) is 0 Å². The first-order valence-corrected chi connectivity index (χ1v) is 10.8. The molecule has 0 amide bonds. The number of halogens is 3. The molecule has 1 unspecified atom stereocenters. The molecule has 0 spiro atoms. The first-order chi connectivity index (χ1) is 12.5. The van der Waals surface area contributed by atoms with Gasteiger partial charge in [0.1, 0.15) is 11.7 Å². The van der Waals surface area contributed by atoms with E-state index in [1.54, 1.807) is 6.08 Å². The van der Waals surface area contributed by atoms with E-state index in [-0.39, 0.29) is 24.0 Å². The van der Waals surface area contributed by atoms with E-state index in [0.29, 0.717) is 5.57 Å². The molecular formula is C23H29BrF2. The highest BCUT2D eigenvalue weighted by Crippen LogP contribution is 2.49. The molecule has 0 radical (unpaired) electrons. The molecule has 0 heterocycles. The van der Waals surface area contributed by atoms with E-state index >= 15 is 0 Å². The largest absolute Gasteiger partial charge is 0.211 e. The van der Waals surface area contributed by atoms with Crippen LogP contribution in [0.15, 0.2) is 53.6 Å². The topological polar surface area (TPSA) is 0 Å². The smallest absolute Gasteiger partial charge is 0.127 e. The summed E-state index contributed by atoms with van der Waals surface area (Å²) in [6, 6.07) is 9.55. The van der Waals surface area contributed by atoms with Crippen LogP contribution >= 0.6 is 15.9 Å². The molecule has 0 aliphatic heterocycles. The molecule has 0 aromatic heterocycles. The Morgan fingerprint density at radius 2 is 1.73 bits per heavy atom. The lowest BCUT2D eigenvalue weighted by Gasteiger charge is -2.34. The van der Waals surface area contributed by atoms with Crippen LogP contribution in [0.4, 0.5) is 8.78 Å². The van der Waals surface area contributed by atoms with E-state index < -0.39 is 4.32 Å². The molecule has 2 aliphatic carbocycles. The number of allylic oxidation sites excluding steroid dienone is 4. The van der Waals surface area contributed by atoms with Crippen molar-refractivity contribution in [1.82, 2.24) is 0 Å². The third-order valence-corrected chi connectivity index (χ3v) is 7.01. The van der Waals surface area contributed by atoms with Gasteiger partial charge in [-0.2, -0.15) is 0 Å². The standard InChI is InChI=1S/C23H29BrF2/c1-2-3-5-8-17-11-13-18(14-12-17)22-20(25)15-23(24,16-21(22)26)19-9-6-4-7-10-19/h4,6-7,9-10,15,17-18H,2-3,5,8,11-14,16H2,1H3. The number of alkyl halides is 1. The molecule has 142 valence electrons. The van der Waals surface area contributed by atoms with Crippen LogP contribution in [-0.2, 0) is 4.32 Å². The van der Waals surface area contributed by atoms with Gasteiger partial charge in [-0.05, 0) is 49.2 Å². The summed E-state index contributed by atoms with van der Waals surface area (Å²) in [5, 5.41) is 0. The van der Waals surface area contributed by atoms with Crippen LogP contribution in [0.25, 0.3) is 0 Å². The molecule has 1 aromatic rings. The Labute approximate surface area is 164 Å². The minimum atomic E-state index is -0.775. The van der Waals surface area contributed by atoms with Gasteiger partial charge in [0, 0.05) is 12.0 Å². The zero-order valence-corrected chi connectivity index (χ0v) is 17.2. The molecule has 1 aromatic carbocycles. The van der Waals surface area contributed by atoms with Crippen LogP contribution in [0.1, 0.15) is 70.3 Å². The van der Waals surface area contributed by atoms with Crippen molar-refractivity contribution in [2.24, 2.45) is 11.8 Å². The van der Waals surface area contributed by atoms with E-state index in [9.17, 15) is 8.78 Å². The second-order valence-corrected chi connectivity index (χ2v) is 9.34. The lowest BCUT2D eigenvalue weighted by Crippen LogP contribution is -2.24. The zero-order valence-electron chi connectivity index (χ0n) is 15.6. The molecule has 1 saturated carbocycles. The van der Waals surface area contributed by atoms with Crippen LogP contribution in [0.2, 0.25) is 0 Å². The van der Waals surface area contributed by atoms with Gasteiger partial charge in [0.25, 0.3) is 0 Å². The Bertz CT molecular complexity index is 656. The lowest BCUT2D eigenvalue weighted by molar-refractivity contribution is 0.274. The minimum absolute atomic E-state index is 0.0431. The van der Waals surface area contributed by atoms with Crippen molar-refractivity contribution in [2.75, 3.05) is 0 Å². The van der Waals surface area contributed by atoms with Gasteiger partial charge >= 0.3 is 0 Å². The van der Waals surface area contributed by atoms with Gasteiger partial charge in [-0.3, -0.25) is 0 Å². The maximum atomic E-state index is 15.0. The summed E-state index contributed by atoms with van der Waals surface area (Å²) >= 11 is 3.59. The Balaban J connectivity index is 1.67. The fraction of sp³-hybridized carbons (Fsp3) is 0.565. The first-order valence-electron chi connectivity index (χ1n) is 10.0. The van der Waals surface area contributed by atoms with Crippen molar-refractivity contribution in [2.45, 2.75) is 69.0 Å². The molecule has 0 saturated heterocycles. The number of benzene rings is 1. The molecule has 26 heavy (non-hydrogen) atoms. The molecule has 0 bridgehead atoms. The van der Waals surface area contributed by atoms with Crippen molar-refractivity contribution in [3.05, 3.63) is 59.2 Å². The Kier molecular flexibility index (Phi) is 6.71. The third kappa shape index (κ3) is 4.47. The lowest BCUT2D eigenvalue weighted by atomic mass is 9.74. The second kappa shape index (κ2) is 8.82. The molecule has 3 rings (SSSR count). The van der Waals surface area contributed by atoms with Gasteiger partial charge in [-0.25, -0.2) is 8.78 Å². The van der Waals surface area contributed by atoms with Gasteiger partial charge < -0.3 is 0 Å². The Morgan fingerprint density at radius 1 is 1.04 bits per heavy atom. The number of hydrogen-bond donors (Lipinski definition) is 0. The van der Waals surface area contributed by atoms with E-state index in [0.717, 1.165) is 37.2 Å². The molecule has 0 N–H and O–H groups in total. The summed E-state index contributed by atoms with van der Waals surface area (Å²) < 4.78 is 29.1. The van der Waals surface area contributed by atoms with E-state index in [2.05, 4.69) is 22.9 Å². The third-order valence-electron chi connectivity index (χ3n) is 6.04. The van der Waals surface area contributed by atoms with Gasteiger partial charge in [-0.15, -0.1) is 0 Å². The number of rotatable bonds is 6. The molecule has 0 nitrogen and oxygen atoms in total. The van der Waals surface area contributed by atoms with Crippen LogP contribution in [0.3, 0.4) is 0 Å². The van der Waals surface area contributed by atoms with Crippen LogP contribution in [-0.4, -0.2) is 0 Å². The second-order valence-electron chi connectivity index (χ2n) is 7.93. The Hall–Kier alpha value is -0.960. The molecule has 3 heteroatoms. The van der Waals surface area contributed by atoms with Crippen molar-refractivity contribution in [1.29, 1.82) is 0 Å². The summed E-state index contributed by atoms with van der Waals surface area (Å²) in [4.78, 5) is 0. The average Bonchev–Trinajstić information content (AvgIpc) is 2.63. The van der Waals surface area contributed by atoms with E-state index in [1.807, 2.05) is 30.3 Å². The highest BCUT2D eigenvalue weighted by Gasteiger charge is 2.38. The van der Waals surface area contributed by atoms with Gasteiger partial charge in [-0.1, -0.05) is 78.9 Å². The van der Waals surface area contributed by atoms with Crippen molar-refractivity contribution >= 4 is 15.9 Å². The maximum absolute atomic E-state index is 15.0. The summed E-state index contributed by atoms with van der Waals surface area (Å²) in [6.07, 6.45) is 10.9. The minimum Gasteiger partial charge on any atom is -0.211 e. The summed E-state index contributed by atoms with van der Waals surface area (Å²) in [7, 11) is 0. The summed E-state index contributed by atoms with van der Waals surface area (Å²) in [5.41, 5.74) is 1.24. The fourth-order valence-electron chi connectivity index (χ4n) is 4.52. The molecule has 1 atom stereocenters. The van der Waals surface area contributed by atoms with Gasteiger partial charge in [0.15, 0.2) is 0 Å². The van der Waals surface area contributed by atoms with E-state index in [4.69, 9.17) is 0 Å². The highest BCUT2D eigenvalue weighted by atomic mass is 79.9. The first kappa shape index (κ1) is 19.8. The maximum Gasteiger partial charge on any atom is 0.127 e. The normalized spacial score (nSPS) is 29.6. The predicted octanol–water partition coefficient (Wildman–Crippen LogP) is 8.14. The monoisotopic (exact) mass is 422 g/mol. The van der Waals surface area contributed by atoms with Crippen molar-refractivity contribution < 1.29 is 8.78 Å². The van der Waals surface area contributed by atoms with Gasteiger partial charge in [0.05, 0.1) is 4.32 Å². The Morgan fingerprint density at radius 3 is 2.35 bits per heavy atom. The van der Waals surface area contributed by atoms with Crippen LogP contribution < -0.4 is 0 Å². The fourth-order valence-corrected chi connectivity index (χ4v) is 5.23. The zero-order chi connectivity index (χ0) is 18.6. The van der Waals surface area contributed by atoms with Crippen LogP contribution in [0, 0.1) is 11.8 Å². The summed E-state index contributed by atoms with van der Waals surface area (Å²) in [6.45, 7) is 2.23. The van der Waals surface area contributed by atoms with Crippen molar-refractivity contribution in [3.63, 3.8) is 0 Å². The van der Waals surface area contributed by atoms with Crippen LogP contribution in [0.5, 0.6) is 0 Å². The summed E-state index contributed by atoms with van der Waals surface area (Å²) in [5.74, 6) is 0.141.